The number of hydrogen-bond acceptors (Lipinski definition) is 4. The predicted octanol–water partition coefficient (Wildman–Crippen LogP) is 2.82. The maximum absolute atomic E-state index is 13.1. The van der Waals surface area contributed by atoms with Crippen LogP contribution < -0.4 is 5.73 Å². The number of carbonyl (C=O) groups excluding carboxylic acids is 2. The number of aromatic nitrogens is 2. The van der Waals surface area contributed by atoms with Crippen LogP contribution in [0.4, 0.5) is 10.2 Å². The van der Waals surface area contributed by atoms with Gasteiger partial charge < -0.3 is 10.6 Å². The van der Waals surface area contributed by atoms with E-state index in [0.717, 1.165) is 19.3 Å². The molecule has 138 valence electrons. The number of anilines is 1. The molecular weight excluding hydrogens is 335 g/mol. The molecule has 0 unspecified atom stereocenters. The molecule has 1 amide bonds. The van der Waals surface area contributed by atoms with Crippen molar-refractivity contribution in [3.05, 3.63) is 41.8 Å². The quantitative estimate of drug-likeness (QED) is 0.834. The minimum absolute atomic E-state index is 0.0927. The molecule has 26 heavy (non-hydrogen) atoms. The van der Waals surface area contributed by atoms with Gasteiger partial charge in [-0.25, -0.2) is 9.07 Å². The van der Waals surface area contributed by atoms with E-state index < -0.39 is 0 Å². The zero-order valence-corrected chi connectivity index (χ0v) is 14.8. The van der Waals surface area contributed by atoms with Crippen LogP contribution in [-0.2, 0) is 4.79 Å². The van der Waals surface area contributed by atoms with Crippen molar-refractivity contribution in [2.24, 2.45) is 5.92 Å². The first-order chi connectivity index (χ1) is 12.5. The van der Waals surface area contributed by atoms with Gasteiger partial charge in [0.05, 0.1) is 17.4 Å². The van der Waals surface area contributed by atoms with Gasteiger partial charge >= 0.3 is 0 Å². The van der Waals surface area contributed by atoms with Gasteiger partial charge in [0.25, 0.3) is 0 Å². The fraction of sp³-hybridized carbons (Fsp3) is 0.421. The first-order valence-corrected chi connectivity index (χ1v) is 8.92. The average Bonchev–Trinajstić information content (AvgIpc) is 3.03. The summed E-state index contributed by atoms with van der Waals surface area (Å²) < 4.78 is 14.5. The molecule has 1 aromatic heterocycles. The standard InChI is InChI=1S/C19H23FN4O2/c1-2-4-17(25)23-10-3-5-13(12-23)18(26)16-11-22-24(19(16)21)15-8-6-14(20)7-9-15/h6-9,11,13H,2-5,10,12,21H2,1H3/t13-/m1/s1. The molecule has 7 heteroatoms. The summed E-state index contributed by atoms with van der Waals surface area (Å²) in [5, 5.41) is 4.18. The molecule has 0 saturated carbocycles. The maximum Gasteiger partial charge on any atom is 0.222 e. The monoisotopic (exact) mass is 358 g/mol. The number of benzene rings is 1. The van der Waals surface area contributed by atoms with Crippen molar-refractivity contribution in [2.45, 2.75) is 32.6 Å². The van der Waals surface area contributed by atoms with Crippen LogP contribution >= 0.6 is 0 Å². The Morgan fingerprint density at radius 3 is 2.73 bits per heavy atom. The van der Waals surface area contributed by atoms with Gasteiger partial charge in [0, 0.05) is 25.4 Å². The van der Waals surface area contributed by atoms with E-state index in [1.807, 2.05) is 6.92 Å². The number of nitrogen functional groups attached to an aromatic ring is 1. The Balaban J connectivity index is 1.78. The molecule has 6 nitrogen and oxygen atoms in total. The summed E-state index contributed by atoms with van der Waals surface area (Å²) in [5.74, 6) is -0.379. The number of nitrogens with zero attached hydrogens (tertiary/aromatic N) is 3. The maximum atomic E-state index is 13.1. The molecule has 2 heterocycles. The van der Waals surface area contributed by atoms with Gasteiger partial charge in [0.1, 0.15) is 11.6 Å². The molecule has 2 aromatic rings. The highest BCUT2D eigenvalue weighted by Gasteiger charge is 2.30. The molecule has 0 bridgehead atoms. The van der Waals surface area contributed by atoms with Crippen LogP contribution in [0.15, 0.2) is 30.5 Å². The summed E-state index contributed by atoms with van der Waals surface area (Å²) in [6.07, 6.45) is 4.29. The number of nitrogens with two attached hydrogens (primary N) is 1. The van der Waals surface area contributed by atoms with Crippen molar-refractivity contribution in [2.75, 3.05) is 18.8 Å². The minimum Gasteiger partial charge on any atom is -0.383 e. The lowest BCUT2D eigenvalue weighted by molar-refractivity contribution is -0.132. The third-order valence-corrected chi connectivity index (χ3v) is 4.75. The average molecular weight is 358 g/mol. The molecule has 1 atom stereocenters. The molecule has 3 rings (SSSR count). The minimum atomic E-state index is -0.352. The largest absolute Gasteiger partial charge is 0.383 e. The van der Waals surface area contributed by atoms with Crippen LogP contribution in [0.1, 0.15) is 43.0 Å². The normalized spacial score (nSPS) is 17.3. The topological polar surface area (TPSA) is 81.2 Å². The summed E-state index contributed by atoms with van der Waals surface area (Å²) in [6.45, 7) is 3.10. The number of rotatable bonds is 5. The van der Waals surface area contributed by atoms with Crippen molar-refractivity contribution in [1.82, 2.24) is 14.7 Å². The molecule has 1 fully saturated rings. The van der Waals surface area contributed by atoms with E-state index in [4.69, 9.17) is 5.73 Å². The zero-order valence-electron chi connectivity index (χ0n) is 14.8. The number of carbonyl (C=O) groups is 2. The second-order valence-corrected chi connectivity index (χ2v) is 6.62. The number of ketones is 1. The molecule has 1 saturated heterocycles. The Kier molecular flexibility index (Phi) is 5.35. The highest BCUT2D eigenvalue weighted by Crippen LogP contribution is 2.25. The van der Waals surface area contributed by atoms with Crippen LogP contribution in [0.25, 0.3) is 5.69 Å². The van der Waals surface area contributed by atoms with E-state index in [-0.39, 0.29) is 29.2 Å². The van der Waals surface area contributed by atoms with Crippen LogP contribution in [0, 0.1) is 11.7 Å². The predicted molar refractivity (Wildman–Crippen MR) is 96.5 cm³/mol. The number of hydrogen-bond donors (Lipinski definition) is 1. The first kappa shape index (κ1) is 18.1. The van der Waals surface area contributed by atoms with Gasteiger partial charge in [0.2, 0.25) is 5.91 Å². The van der Waals surface area contributed by atoms with E-state index in [1.165, 1.54) is 23.0 Å². The van der Waals surface area contributed by atoms with Gasteiger partial charge in [0.15, 0.2) is 5.78 Å². The van der Waals surface area contributed by atoms with Crippen molar-refractivity contribution >= 4 is 17.5 Å². The number of piperidine rings is 1. The summed E-state index contributed by atoms with van der Waals surface area (Å²) in [5.41, 5.74) is 7.07. The molecular formula is C19H23FN4O2. The summed E-state index contributed by atoms with van der Waals surface area (Å²) >= 11 is 0. The number of amides is 1. The van der Waals surface area contributed by atoms with Gasteiger partial charge in [-0.05, 0) is 43.5 Å². The lowest BCUT2D eigenvalue weighted by atomic mass is 9.90. The fourth-order valence-electron chi connectivity index (χ4n) is 3.35. The smallest absolute Gasteiger partial charge is 0.222 e. The van der Waals surface area contributed by atoms with Gasteiger partial charge in [-0.2, -0.15) is 5.10 Å². The first-order valence-electron chi connectivity index (χ1n) is 8.92. The lowest BCUT2D eigenvalue weighted by Gasteiger charge is -2.32. The van der Waals surface area contributed by atoms with Crippen LogP contribution in [-0.4, -0.2) is 39.5 Å². The van der Waals surface area contributed by atoms with Crippen molar-refractivity contribution in [3.8, 4) is 5.69 Å². The summed E-state index contributed by atoms with van der Waals surface area (Å²) in [7, 11) is 0. The van der Waals surface area contributed by atoms with E-state index >= 15 is 0 Å². The third kappa shape index (κ3) is 3.61. The van der Waals surface area contributed by atoms with Gasteiger partial charge in [-0.3, -0.25) is 9.59 Å². The van der Waals surface area contributed by atoms with E-state index in [9.17, 15) is 14.0 Å². The highest BCUT2D eigenvalue weighted by atomic mass is 19.1. The van der Waals surface area contributed by atoms with Gasteiger partial charge in [-0.1, -0.05) is 6.92 Å². The third-order valence-electron chi connectivity index (χ3n) is 4.75. The van der Waals surface area contributed by atoms with Crippen LogP contribution in [0.2, 0.25) is 0 Å². The number of halogens is 1. The van der Waals surface area contributed by atoms with Crippen LogP contribution in [0.3, 0.4) is 0 Å². The highest BCUT2D eigenvalue weighted by molar-refractivity contribution is 6.02. The van der Waals surface area contributed by atoms with E-state index in [2.05, 4.69) is 5.10 Å². The van der Waals surface area contributed by atoms with Crippen LogP contribution in [0.5, 0.6) is 0 Å². The molecule has 0 aliphatic carbocycles. The SMILES string of the molecule is CCCC(=O)N1CCC[C@@H](C(=O)c2cnn(-c3ccc(F)cc3)c2N)C1. The zero-order chi connectivity index (χ0) is 18.7. The Morgan fingerprint density at radius 1 is 1.31 bits per heavy atom. The molecule has 1 aliphatic heterocycles. The molecule has 0 radical (unpaired) electrons. The summed E-state index contributed by atoms with van der Waals surface area (Å²) in [6, 6.07) is 5.74. The van der Waals surface area contributed by atoms with Gasteiger partial charge in [-0.15, -0.1) is 0 Å². The second kappa shape index (κ2) is 7.68. The second-order valence-electron chi connectivity index (χ2n) is 6.62. The lowest BCUT2D eigenvalue weighted by Crippen LogP contribution is -2.42. The van der Waals surface area contributed by atoms with E-state index in [1.54, 1.807) is 17.0 Å². The van der Waals surface area contributed by atoms with Crippen molar-refractivity contribution < 1.29 is 14.0 Å². The fourth-order valence-corrected chi connectivity index (χ4v) is 3.35. The Morgan fingerprint density at radius 2 is 2.04 bits per heavy atom. The Labute approximate surface area is 151 Å². The number of likely N-dealkylation sites (tertiary alicyclic amines) is 1. The Bertz CT molecular complexity index is 800. The van der Waals surface area contributed by atoms with E-state index in [0.29, 0.717) is 30.8 Å². The number of Topliss-reactive ketones (excluding diaryl/α,β-unsaturated/α-hetero) is 1. The Hall–Kier alpha value is -2.70. The molecule has 1 aliphatic rings. The van der Waals surface area contributed by atoms with Crippen molar-refractivity contribution in [1.29, 1.82) is 0 Å². The van der Waals surface area contributed by atoms with Crippen molar-refractivity contribution in [3.63, 3.8) is 0 Å². The molecule has 1 aromatic carbocycles. The summed E-state index contributed by atoms with van der Waals surface area (Å²) in [4.78, 5) is 26.8. The molecule has 2 N–H and O–H groups in total. The molecule has 0 spiro atoms.